The molecule has 126 valence electrons. The molecule has 4 nitrogen and oxygen atoms in total. The van der Waals surface area contributed by atoms with Crippen molar-refractivity contribution in [2.45, 2.75) is 26.0 Å². The quantitative estimate of drug-likeness (QED) is 0.798. The number of esters is 1. The molecule has 0 aromatic heterocycles. The molecule has 2 atom stereocenters. The number of hydrogen-bond acceptors (Lipinski definition) is 3. The van der Waals surface area contributed by atoms with Crippen molar-refractivity contribution in [3.8, 4) is 0 Å². The second kappa shape index (κ2) is 8.18. The van der Waals surface area contributed by atoms with E-state index in [0.29, 0.717) is 15.6 Å². The van der Waals surface area contributed by atoms with Gasteiger partial charge in [-0.15, -0.1) is 0 Å². The Balaban J connectivity index is 1.97. The zero-order valence-corrected chi connectivity index (χ0v) is 14.8. The number of nitrogens with one attached hydrogen (secondary N) is 1. The summed E-state index contributed by atoms with van der Waals surface area (Å²) in [5.41, 5.74) is 1.13. The fourth-order valence-corrected chi connectivity index (χ4v) is 2.69. The summed E-state index contributed by atoms with van der Waals surface area (Å²) < 4.78 is 5.18. The van der Waals surface area contributed by atoms with Gasteiger partial charge in [-0.05, 0) is 43.7 Å². The summed E-state index contributed by atoms with van der Waals surface area (Å²) in [6.45, 7) is 3.31. The van der Waals surface area contributed by atoms with E-state index in [4.69, 9.17) is 27.9 Å². The number of hydrogen-bond donors (Lipinski definition) is 1. The third kappa shape index (κ3) is 4.73. The molecule has 0 fully saturated rings. The van der Waals surface area contributed by atoms with Crippen LogP contribution in [0.5, 0.6) is 0 Å². The van der Waals surface area contributed by atoms with Crippen molar-refractivity contribution in [3.05, 3.63) is 69.7 Å². The highest BCUT2D eigenvalue weighted by Crippen LogP contribution is 2.26. The summed E-state index contributed by atoms with van der Waals surface area (Å²) in [4.78, 5) is 24.2. The lowest BCUT2D eigenvalue weighted by atomic mass is 10.1. The van der Waals surface area contributed by atoms with Gasteiger partial charge in [-0.2, -0.15) is 0 Å². The molecule has 0 aliphatic rings. The summed E-state index contributed by atoms with van der Waals surface area (Å²) in [7, 11) is 0. The zero-order chi connectivity index (χ0) is 17.7. The molecule has 0 unspecified atom stereocenters. The monoisotopic (exact) mass is 365 g/mol. The molecule has 2 aromatic carbocycles. The maximum atomic E-state index is 12.2. The van der Waals surface area contributed by atoms with E-state index in [1.165, 1.54) is 6.92 Å². The van der Waals surface area contributed by atoms with E-state index < -0.39 is 18.0 Å². The van der Waals surface area contributed by atoms with Crippen LogP contribution in [0.3, 0.4) is 0 Å². The molecule has 0 aliphatic carbocycles. The van der Waals surface area contributed by atoms with Crippen LogP contribution in [0.2, 0.25) is 10.0 Å². The lowest BCUT2D eigenvalue weighted by Gasteiger charge is -2.19. The first-order valence-corrected chi connectivity index (χ1v) is 8.15. The van der Waals surface area contributed by atoms with Crippen molar-refractivity contribution < 1.29 is 14.3 Å². The van der Waals surface area contributed by atoms with E-state index in [0.717, 1.165) is 5.56 Å². The van der Waals surface area contributed by atoms with E-state index >= 15 is 0 Å². The molecular formula is C18H17Cl2NO3. The summed E-state index contributed by atoms with van der Waals surface area (Å²) in [6, 6.07) is 13.2. The van der Waals surface area contributed by atoms with Crippen molar-refractivity contribution in [3.63, 3.8) is 0 Å². The molecule has 0 heterocycles. The Hall–Kier alpha value is -2.04. The zero-order valence-electron chi connectivity index (χ0n) is 13.3. The molecule has 0 spiro atoms. The van der Waals surface area contributed by atoms with Crippen molar-refractivity contribution in [2.75, 3.05) is 0 Å². The smallest absolute Gasteiger partial charge is 0.338 e. The van der Waals surface area contributed by atoms with Crippen molar-refractivity contribution >= 4 is 35.1 Å². The van der Waals surface area contributed by atoms with Gasteiger partial charge in [-0.1, -0.05) is 47.5 Å². The maximum Gasteiger partial charge on any atom is 0.338 e. The second-order valence-electron chi connectivity index (χ2n) is 5.31. The Bertz CT molecular complexity index is 734. The minimum absolute atomic E-state index is 0.347. The van der Waals surface area contributed by atoms with Gasteiger partial charge in [-0.3, -0.25) is 4.79 Å². The first kappa shape index (κ1) is 18.3. The van der Waals surface area contributed by atoms with Crippen LogP contribution < -0.4 is 5.32 Å². The van der Waals surface area contributed by atoms with Gasteiger partial charge in [-0.25, -0.2) is 4.79 Å². The molecule has 1 N–H and O–H groups in total. The second-order valence-corrected chi connectivity index (χ2v) is 6.15. The van der Waals surface area contributed by atoms with Gasteiger partial charge in [0.05, 0.1) is 11.6 Å². The highest BCUT2D eigenvalue weighted by Gasteiger charge is 2.21. The van der Waals surface area contributed by atoms with Crippen LogP contribution in [-0.2, 0) is 9.53 Å². The number of benzene rings is 2. The van der Waals surface area contributed by atoms with Gasteiger partial charge in [0, 0.05) is 10.0 Å². The molecule has 24 heavy (non-hydrogen) atoms. The van der Waals surface area contributed by atoms with Crippen LogP contribution in [0.25, 0.3) is 0 Å². The van der Waals surface area contributed by atoms with E-state index in [9.17, 15) is 9.59 Å². The third-order valence-electron chi connectivity index (χ3n) is 3.45. The number of carbonyl (C=O) groups excluding carboxylic acids is 2. The highest BCUT2D eigenvalue weighted by atomic mass is 35.5. The number of rotatable bonds is 5. The Morgan fingerprint density at radius 1 is 1.04 bits per heavy atom. The molecule has 0 radical (unpaired) electrons. The number of amides is 1. The first-order valence-electron chi connectivity index (χ1n) is 7.40. The van der Waals surface area contributed by atoms with Gasteiger partial charge in [0.25, 0.3) is 5.91 Å². The first-order chi connectivity index (χ1) is 11.4. The summed E-state index contributed by atoms with van der Waals surface area (Å²) >= 11 is 12.0. The Morgan fingerprint density at radius 2 is 1.71 bits per heavy atom. The van der Waals surface area contributed by atoms with Crippen molar-refractivity contribution in [1.29, 1.82) is 0 Å². The SMILES string of the molecule is C[C@@H](OC(=O)c1ccccc1)C(=O)N[C@H](C)c1ccc(Cl)cc1Cl. The predicted octanol–water partition coefficient (Wildman–Crippen LogP) is 4.42. The predicted molar refractivity (Wildman–Crippen MR) is 94.3 cm³/mol. The molecule has 2 rings (SSSR count). The number of halogens is 2. The topological polar surface area (TPSA) is 55.4 Å². The highest BCUT2D eigenvalue weighted by molar-refractivity contribution is 6.35. The average Bonchev–Trinajstić information content (AvgIpc) is 2.55. The van der Waals surface area contributed by atoms with Gasteiger partial charge in [0.15, 0.2) is 6.10 Å². The Kier molecular flexibility index (Phi) is 6.23. The molecular weight excluding hydrogens is 349 g/mol. The van der Waals surface area contributed by atoms with Crippen LogP contribution >= 0.6 is 23.2 Å². The van der Waals surface area contributed by atoms with Crippen molar-refractivity contribution in [1.82, 2.24) is 5.32 Å². The van der Waals surface area contributed by atoms with Gasteiger partial charge in [0.1, 0.15) is 0 Å². The molecule has 1 amide bonds. The summed E-state index contributed by atoms with van der Waals surface area (Å²) in [6.07, 6.45) is -0.925. The Morgan fingerprint density at radius 3 is 2.33 bits per heavy atom. The molecule has 6 heteroatoms. The fraction of sp³-hybridized carbons (Fsp3) is 0.222. The maximum absolute atomic E-state index is 12.2. The van der Waals surface area contributed by atoms with Crippen LogP contribution in [0, 0.1) is 0 Å². The lowest BCUT2D eigenvalue weighted by molar-refractivity contribution is -0.129. The minimum Gasteiger partial charge on any atom is -0.449 e. The van der Waals surface area contributed by atoms with Gasteiger partial charge in [0.2, 0.25) is 0 Å². The van der Waals surface area contributed by atoms with E-state index in [1.807, 2.05) is 0 Å². The van der Waals surface area contributed by atoms with E-state index in [-0.39, 0.29) is 6.04 Å². The molecule has 0 bridgehead atoms. The number of carbonyl (C=O) groups is 2. The van der Waals surface area contributed by atoms with Gasteiger partial charge >= 0.3 is 5.97 Å². The number of ether oxygens (including phenoxy) is 1. The van der Waals surface area contributed by atoms with Crippen LogP contribution in [0.4, 0.5) is 0 Å². The minimum atomic E-state index is -0.925. The molecule has 2 aromatic rings. The molecule has 0 aliphatic heterocycles. The lowest BCUT2D eigenvalue weighted by Crippen LogP contribution is -2.37. The summed E-state index contributed by atoms with van der Waals surface area (Å²) in [5, 5.41) is 3.75. The van der Waals surface area contributed by atoms with Crippen molar-refractivity contribution in [2.24, 2.45) is 0 Å². The van der Waals surface area contributed by atoms with E-state index in [1.54, 1.807) is 55.5 Å². The third-order valence-corrected chi connectivity index (χ3v) is 4.01. The van der Waals surface area contributed by atoms with Crippen LogP contribution in [0.15, 0.2) is 48.5 Å². The fourth-order valence-electron chi connectivity index (χ4n) is 2.12. The molecule has 0 saturated carbocycles. The standard InChI is InChI=1S/C18H17Cl2NO3/c1-11(15-9-8-14(19)10-16(15)20)21-17(22)12(2)24-18(23)13-6-4-3-5-7-13/h3-12H,1-2H3,(H,21,22)/t11-,12-/m1/s1. The Labute approximate surface area is 150 Å². The van der Waals surface area contributed by atoms with Crippen LogP contribution in [-0.4, -0.2) is 18.0 Å². The normalized spacial score (nSPS) is 13.0. The largest absolute Gasteiger partial charge is 0.449 e. The molecule has 0 saturated heterocycles. The van der Waals surface area contributed by atoms with Gasteiger partial charge < -0.3 is 10.1 Å². The van der Waals surface area contributed by atoms with E-state index in [2.05, 4.69) is 5.32 Å². The average molecular weight is 366 g/mol. The summed E-state index contributed by atoms with van der Waals surface area (Å²) in [5.74, 6) is -0.951. The van der Waals surface area contributed by atoms with Crippen LogP contribution in [0.1, 0.15) is 35.8 Å².